The van der Waals surface area contributed by atoms with Crippen molar-refractivity contribution in [1.29, 1.82) is 0 Å². The zero-order valence-corrected chi connectivity index (χ0v) is 12.4. The third-order valence-electron chi connectivity index (χ3n) is 3.65. The minimum Gasteiger partial charge on any atom is -0.375 e. The van der Waals surface area contributed by atoms with E-state index in [9.17, 15) is 4.39 Å². The van der Waals surface area contributed by atoms with Crippen molar-refractivity contribution in [2.24, 2.45) is 0 Å². The molecule has 0 saturated carbocycles. The molecule has 112 valence electrons. The first kappa shape index (κ1) is 15.4. The standard InChI is InChI=1S/C16H24FNO2/c1-11-8-13(9-12(2)19-11)20-16(10-18-3)14-6-4-5-7-15(14)17/h4-7,11-13,16,18H,8-10H2,1-3H3. The Morgan fingerprint density at radius 2 is 1.95 bits per heavy atom. The molecule has 1 fully saturated rings. The van der Waals surface area contributed by atoms with Crippen LogP contribution >= 0.6 is 0 Å². The maximum atomic E-state index is 13.9. The summed E-state index contributed by atoms with van der Waals surface area (Å²) >= 11 is 0. The Hall–Kier alpha value is -0.970. The number of hydrogen-bond donors (Lipinski definition) is 1. The summed E-state index contributed by atoms with van der Waals surface area (Å²) in [6.07, 6.45) is 1.97. The lowest BCUT2D eigenvalue weighted by molar-refractivity contribution is -0.122. The van der Waals surface area contributed by atoms with E-state index in [0.29, 0.717) is 12.1 Å². The lowest BCUT2D eigenvalue weighted by atomic mass is 10.0. The Labute approximate surface area is 120 Å². The van der Waals surface area contributed by atoms with Crippen LogP contribution in [0.15, 0.2) is 24.3 Å². The van der Waals surface area contributed by atoms with E-state index in [1.165, 1.54) is 6.07 Å². The van der Waals surface area contributed by atoms with Crippen molar-refractivity contribution in [2.75, 3.05) is 13.6 Å². The van der Waals surface area contributed by atoms with Crippen molar-refractivity contribution in [3.05, 3.63) is 35.6 Å². The zero-order valence-electron chi connectivity index (χ0n) is 12.4. The predicted octanol–water partition coefficient (Wildman–Crippen LogP) is 3.06. The molecule has 3 unspecified atom stereocenters. The number of ether oxygens (including phenoxy) is 2. The van der Waals surface area contributed by atoms with Crippen LogP contribution < -0.4 is 5.32 Å². The summed E-state index contributed by atoms with van der Waals surface area (Å²) in [5, 5.41) is 3.08. The quantitative estimate of drug-likeness (QED) is 0.900. The fraction of sp³-hybridized carbons (Fsp3) is 0.625. The summed E-state index contributed by atoms with van der Waals surface area (Å²) in [7, 11) is 1.85. The lowest BCUT2D eigenvalue weighted by Crippen LogP contribution is -2.36. The van der Waals surface area contributed by atoms with Crippen molar-refractivity contribution in [1.82, 2.24) is 5.32 Å². The first-order chi connectivity index (χ1) is 9.60. The highest BCUT2D eigenvalue weighted by molar-refractivity contribution is 5.20. The van der Waals surface area contributed by atoms with Gasteiger partial charge in [-0.1, -0.05) is 18.2 Å². The second-order valence-corrected chi connectivity index (χ2v) is 5.55. The largest absolute Gasteiger partial charge is 0.375 e. The van der Waals surface area contributed by atoms with Crippen LogP contribution in [0.4, 0.5) is 4.39 Å². The van der Waals surface area contributed by atoms with Gasteiger partial charge in [-0.3, -0.25) is 0 Å². The fourth-order valence-corrected chi connectivity index (χ4v) is 2.84. The van der Waals surface area contributed by atoms with Crippen LogP contribution in [0.5, 0.6) is 0 Å². The van der Waals surface area contributed by atoms with Gasteiger partial charge in [0.25, 0.3) is 0 Å². The smallest absolute Gasteiger partial charge is 0.129 e. The first-order valence-electron chi connectivity index (χ1n) is 7.30. The molecule has 1 N–H and O–H groups in total. The molecule has 1 heterocycles. The van der Waals surface area contributed by atoms with Gasteiger partial charge < -0.3 is 14.8 Å². The third kappa shape index (κ3) is 4.01. The summed E-state index contributed by atoms with van der Waals surface area (Å²) in [5.74, 6) is -0.207. The van der Waals surface area contributed by atoms with Gasteiger partial charge in [0.2, 0.25) is 0 Å². The van der Waals surface area contributed by atoms with E-state index < -0.39 is 0 Å². The molecule has 0 radical (unpaired) electrons. The van der Waals surface area contributed by atoms with Crippen LogP contribution in [0, 0.1) is 5.82 Å². The molecule has 0 amide bonds. The number of likely N-dealkylation sites (N-methyl/N-ethyl adjacent to an activating group) is 1. The van der Waals surface area contributed by atoms with Crippen molar-refractivity contribution in [3.8, 4) is 0 Å². The molecule has 0 spiro atoms. The van der Waals surface area contributed by atoms with E-state index in [0.717, 1.165) is 12.8 Å². The van der Waals surface area contributed by atoms with Crippen LogP contribution in [-0.4, -0.2) is 31.9 Å². The minimum atomic E-state index is -0.260. The summed E-state index contributed by atoms with van der Waals surface area (Å²) in [6, 6.07) is 6.83. The first-order valence-corrected chi connectivity index (χ1v) is 7.30. The number of benzene rings is 1. The lowest BCUT2D eigenvalue weighted by Gasteiger charge is -2.34. The molecular formula is C16H24FNO2. The molecule has 1 saturated heterocycles. The van der Waals surface area contributed by atoms with Crippen molar-refractivity contribution in [2.45, 2.75) is 51.1 Å². The van der Waals surface area contributed by atoms with Gasteiger partial charge >= 0.3 is 0 Å². The average molecular weight is 281 g/mol. The third-order valence-corrected chi connectivity index (χ3v) is 3.65. The van der Waals surface area contributed by atoms with Gasteiger partial charge in [0.15, 0.2) is 0 Å². The van der Waals surface area contributed by atoms with E-state index in [-0.39, 0.29) is 30.2 Å². The van der Waals surface area contributed by atoms with Crippen LogP contribution in [0.1, 0.15) is 38.4 Å². The van der Waals surface area contributed by atoms with Crippen molar-refractivity contribution in [3.63, 3.8) is 0 Å². The molecule has 1 aliphatic heterocycles. The number of nitrogens with one attached hydrogen (secondary N) is 1. The Morgan fingerprint density at radius 3 is 2.55 bits per heavy atom. The van der Waals surface area contributed by atoms with Gasteiger partial charge in [-0.15, -0.1) is 0 Å². The second kappa shape index (κ2) is 7.16. The fourth-order valence-electron chi connectivity index (χ4n) is 2.84. The molecule has 0 aromatic heterocycles. The number of halogens is 1. The molecular weight excluding hydrogens is 257 g/mol. The predicted molar refractivity (Wildman–Crippen MR) is 77.2 cm³/mol. The molecule has 3 atom stereocenters. The van der Waals surface area contributed by atoms with Gasteiger partial charge in [-0.05, 0) is 39.8 Å². The maximum absolute atomic E-state index is 13.9. The Balaban J connectivity index is 2.07. The summed E-state index contributed by atoms with van der Waals surface area (Å²) in [6.45, 7) is 4.71. The molecule has 1 aliphatic rings. The maximum Gasteiger partial charge on any atom is 0.129 e. The van der Waals surface area contributed by atoms with E-state index >= 15 is 0 Å². The van der Waals surface area contributed by atoms with E-state index in [2.05, 4.69) is 19.2 Å². The molecule has 0 aliphatic carbocycles. The zero-order chi connectivity index (χ0) is 14.5. The normalized spacial score (nSPS) is 28.3. The molecule has 1 aromatic rings. The molecule has 4 heteroatoms. The van der Waals surface area contributed by atoms with Crippen LogP contribution in [0.3, 0.4) is 0 Å². The molecule has 2 rings (SSSR count). The number of rotatable bonds is 5. The Morgan fingerprint density at radius 1 is 1.30 bits per heavy atom. The minimum absolute atomic E-state index is 0.117. The monoisotopic (exact) mass is 281 g/mol. The summed E-state index contributed by atoms with van der Waals surface area (Å²) < 4.78 is 25.8. The van der Waals surface area contributed by atoms with Crippen molar-refractivity contribution < 1.29 is 13.9 Å². The molecule has 0 bridgehead atoms. The topological polar surface area (TPSA) is 30.5 Å². The van der Waals surface area contributed by atoms with Crippen LogP contribution in [0.25, 0.3) is 0 Å². The molecule has 20 heavy (non-hydrogen) atoms. The van der Waals surface area contributed by atoms with Crippen LogP contribution in [-0.2, 0) is 9.47 Å². The molecule has 3 nitrogen and oxygen atoms in total. The van der Waals surface area contributed by atoms with Gasteiger partial charge in [0.1, 0.15) is 5.82 Å². The highest BCUT2D eigenvalue weighted by atomic mass is 19.1. The van der Waals surface area contributed by atoms with Gasteiger partial charge in [-0.25, -0.2) is 4.39 Å². The van der Waals surface area contributed by atoms with Gasteiger partial charge in [-0.2, -0.15) is 0 Å². The Bertz CT molecular complexity index is 417. The highest BCUT2D eigenvalue weighted by Crippen LogP contribution is 2.28. The highest BCUT2D eigenvalue weighted by Gasteiger charge is 2.28. The van der Waals surface area contributed by atoms with E-state index in [1.807, 2.05) is 13.1 Å². The van der Waals surface area contributed by atoms with E-state index in [4.69, 9.17) is 9.47 Å². The molecule has 1 aromatic carbocycles. The average Bonchev–Trinajstić information content (AvgIpc) is 2.37. The van der Waals surface area contributed by atoms with Crippen LogP contribution in [0.2, 0.25) is 0 Å². The SMILES string of the molecule is CNCC(OC1CC(C)OC(C)C1)c1ccccc1F. The summed E-state index contributed by atoms with van der Waals surface area (Å²) in [4.78, 5) is 0. The Kier molecular flexibility index (Phi) is 5.52. The van der Waals surface area contributed by atoms with Gasteiger partial charge in [0.05, 0.1) is 24.4 Å². The van der Waals surface area contributed by atoms with E-state index in [1.54, 1.807) is 12.1 Å². The van der Waals surface area contributed by atoms with Crippen molar-refractivity contribution >= 4 is 0 Å². The summed E-state index contributed by atoms with van der Waals surface area (Å²) in [5.41, 5.74) is 0.619. The second-order valence-electron chi connectivity index (χ2n) is 5.55. The number of hydrogen-bond acceptors (Lipinski definition) is 3. The van der Waals surface area contributed by atoms with Gasteiger partial charge in [0, 0.05) is 12.1 Å².